The van der Waals surface area contributed by atoms with Crippen LogP contribution in [0, 0.1) is 6.92 Å². The number of sulfonamides is 1. The molecule has 1 atom stereocenters. The fourth-order valence-electron chi connectivity index (χ4n) is 2.94. The predicted molar refractivity (Wildman–Crippen MR) is 109 cm³/mol. The Morgan fingerprint density at radius 1 is 1.07 bits per heavy atom. The molecular weight excluding hydrogens is 380 g/mol. The van der Waals surface area contributed by atoms with E-state index < -0.39 is 15.0 Å². The fourth-order valence-corrected chi connectivity index (χ4v) is 4.68. The van der Waals surface area contributed by atoms with Gasteiger partial charge in [0.1, 0.15) is 5.00 Å². The minimum atomic E-state index is -3.76. The van der Waals surface area contributed by atoms with Crippen molar-refractivity contribution in [3.8, 4) is 11.1 Å². The third kappa shape index (κ3) is 4.21. The van der Waals surface area contributed by atoms with E-state index in [4.69, 9.17) is 11.6 Å². The molecule has 0 aliphatic heterocycles. The molecule has 3 rings (SSSR count). The van der Waals surface area contributed by atoms with Gasteiger partial charge in [-0.25, -0.2) is 8.42 Å². The van der Waals surface area contributed by atoms with E-state index in [0.717, 1.165) is 16.7 Å². The van der Waals surface area contributed by atoms with Crippen molar-refractivity contribution < 1.29 is 8.42 Å². The van der Waals surface area contributed by atoms with Gasteiger partial charge in [0.05, 0.1) is 4.90 Å². The Balaban J connectivity index is 2.00. The lowest BCUT2D eigenvalue weighted by Gasteiger charge is -2.28. The van der Waals surface area contributed by atoms with Gasteiger partial charge in [-0.1, -0.05) is 54.9 Å². The summed E-state index contributed by atoms with van der Waals surface area (Å²) in [5.41, 5.74) is 3.73. The van der Waals surface area contributed by atoms with Gasteiger partial charge in [0, 0.05) is 12.4 Å². The summed E-state index contributed by atoms with van der Waals surface area (Å²) in [7, 11) is -3.76. The van der Waals surface area contributed by atoms with Crippen LogP contribution in [-0.4, -0.2) is 13.4 Å². The molecule has 0 fully saturated rings. The van der Waals surface area contributed by atoms with Gasteiger partial charge >= 0.3 is 0 Å². The zero-order valence-electron chi connectivity index (χ0n) is 15.2. The van der Waals surface area contributed by atoms with E-state index in [0.29, 0.717) is 12.0 Å². The Labute approximate surface area is 165 Å². The van der Waals surface area contributed by atoms with Crippen molar-refractivity contribution in [2.24, 2.45) is 0 Å². The molecule has 0 saturated carbocycles. The monoisotopic (exact) mass is 400 g/mol. The third-order valence-electron chi connectivity index (χ3n) is 4.49. The Kier molecular flexibility index (Phi) is 5.65. The van der Waals surface area contributed by atoms with Crippen LogP contribution in [0.15, 0.2) is 78.0 Å². The number of pyridine rings is 1. The smallest absolute Gasteiger partial charge is 0.242 e. The van der Waals surface area contributed by atoms with Crippen molar-refractivity contribution in [1.82, 2.24) is 9.71 Å². The highest BCUT2D eigenvalue weighted by atomic mass is 35.5. The van der Waals surface area contributed by atoms with E-state index in [-0.39, 0.29) is 4.90 Å². The molecule has 0 amide bonds. The lowest BCUT2D eigenvalue weighted by Crippen LogP contribution is -2.40. The van der Waals surface area contributed by atoms with E-state index in [9.17, 15) is 8.42 Å². The van der Waals surface area contributed by atoms with Gasteiger partial charge in [-0.15, -0.1) is 0 Å². The first-order valence-corrected chi connectivity index (χ1v) is 10.5. The maximum Gasteiger partial charge on any atom is 0.242 e. The van der Waals surface area contributed by atoms with Crippen molar-refractivity contribution >= 4 is 21.6 Å². The highest BCUT2D eigenvalue weighted by molar-refractivity contribution is 7.89. The highest BCUT2D eigenvalue weighted by Crippen LogP contribution is 2.34. The molecule has 140 valence electrons. The summed E-state index contributed by atoms with van der Waals surface area (Å²) in [6.07, 6.45) is 3.92. The second kappa shape index (κ2) is 7.80. The van der Waals surface area contributed by atoms with Crippen LogP contribution in [0.25, 0.3) is 11.1 Å². The van der Waals surface area contributed by atoms with Crippen LogP contribution in [0.5, 0.6) is 0 Å². The van der Waals surface area contributed by atoms with Crippen molar-refractivity contribution in [3.63, 3.8) is 0 Å². The molecule has 0 bridgehead atoms. The molecule has 0 aliphatic carbocycles. The second-order valence-electron chi connectivity index (χ2n) is 6.34. The molecule has 0 unspecified atom stereocenters. The number of benzene rings is 2. The molecule has 27 heavy (non-hydrogen) atoms. The van der Waals surface area contributed by atoms with E-state index in [1.54, 1.807) is 42.7 Å². The van der Waals surface area contributed by atoms with Crippen LogP contribution < -0.4 is 4.72 Å². The van der Waals surface area contributed by atoms with Gasteiger partial charge < -0.3 is 0 Å². The molecule has 3 aromatic rings. The Hall–Kier alpha value is -2.21. The topological polar surface area (TPSA) is 59.1 Å². The van der Waals surface area contributed by atoms with Crippen LogP contribution in [-0.2, 0) is 15.0 Å². The van der Waals surface area contributed by atoms with Gasteiger partial charge in [0.2, 0.25) is 10.0 Å². The summed E-state index contributed by atoms with van der Waals surface area (Å²) in [4.78, 5) is 3.06. The highest BCUT2D eigenvalue weighted by Gasteiger charge is 2.33. The van der Waals surface area contributed by atoms with Gasteiger partial charge in [0.25, 0.3) is 0 Å². The van der Waals surface area contributed by atoms with Gasteiger partial charge in [-0.05, 0) is 59.9 Å². The maximum atomic E-state index is 12.8. The number of nitrogens with one attached hydrogen (secondary N) is 1. The first kappa shape index (κ1) is 19.5. The average Bonchev–Trinajstić information content (AvgIpc) is 2.69. The predicted octanol–water partition coefficient (Wildman–Crippen LogP) is 4.84. The number of rotatable bonds is 6. The van der Waals surface area contributed by atoms with Crippen LogP contribution >= 0.6 is 11.6 Å². The molecule has 4 nitrogen and oxygen atoms in total. The first-order valence-electron chi connectivity index (χ1n) is 8.65. The number of halogens is 1. The van der Waals surface area contributed by atoms with Crippen molar-refractivity contribution in [1.29, 1.82) is 0 Å². The summed E-state index contributed by atoms with van der Waals surface area (Å²) in [5.74, 6) is 0. The van der Waals surface area contributed by atoms with Crippen LogP contribution in [0.1, 0.15) is 24.5 Å². The zero-order valence-corrected chi connectivity index (χ0v) is 16.8. The van der Waals surface area contributed by atoms with E-state index in [1.807, 2.05) is 44.2 Å². The lowest BCUT2D eigenvalue weighted by molar-refractivity contribution is 0.515. The van der Waals surface area contributed by atoms with Crippen LogP contribution in [0.3, 0.4) is 0 Å². The molecule has 0 radical (unpaired) electrons. The molecular formula is C21H21ClN2O2S. The summed E-state index contributed by atoms with van der Waals surface area (Å²) in [5, 5.41) is 0. The lowest BCUT2D eigenvalue weighted by atomic mass is 9.97. The normalized spacial score (nSPS) is 13.9. The van der Waals surface area contributed by atoms with Crippen LogP contribution in [0.2, 0.25) is 0 Å². The molecule has 1 N–H and O–H groups in total. The third-order valence-corrected chi connectivity index (χ3v) is 6.69. The zero-order chi connectivity index (χ0) is 19.5. The average molecular weight is 401 g/mol. The number of aryl methyl sites for hydroxylation is 1. The SMILES string of the molecule is CC[C@@](Cl)(NS(=O)(=O)c1ccccc1)c1cccc(-c2ccncc2C)c1. The quantitative estimate of drug-likeness (QED) is 0.476. The van der Waals surface area contributed by atoms with Crippen molar-refractivity contribution in [2.45, 2.75) is 30.2 Å². The van der Waals surface area contributed by atoms with Gasteiger partial charge in [-0.2, -0.15) is 4.72 Å². The molecule has 6 heteroatoms. The maximum absolute atomic E-state index is 12.8. The van der Waals surface area contributed by atoms with Gasteiger partial charge in [0.15, 0.2) is 0 Å². The molecule has 1 heterocycles. The van der Waals surface area contributed by atoms with Crippen LogP contribution in [0.4, 0.5) is 0 Å². The summed E-state index contributed by atoms with van der Waals surface area (Å²) < 4.78 is 28.2. The number of nitrogens with zero attached hydrogens (tertiary/aromatic N) is 1. The Morgan fingerprint density at radius 2 is 1.81 bits per heavy atom. The molecule has 0 saturated heterocycles. The first-order chi connectivity index (χ1) is 12.9. The number of hydrogen-bond donors (Lipinski definition) is 1. The standard InChI is InChI=1S/C21H21ClN2O2S/c1-3-21(22,24-27(25,26)19-10-5-4-6-11-19)18-9-7-8-17(14-18)20-12-13-23-15-16(20)2/h4-15,24H,3H2,1-2H3/t21-/m1/s1. The largest absolute Gasteiger partial charge is 0.264 e. The van der Waals surface area contributed by atoms with E-state index in [1.165, 1.54) is 0 Å². The Bertz CT molecular complexity index is 1040. The molecule has 0 spiro atoms. The molecule has 2 aromatic carbocycles. The minimum Gasteiger partial charge on any atom is -0.264 e. The number of hydrogen-bond acceptors (Lipinski definition) is 3. The van der Waals surface area contributed by atoms with Crippen molar-refractivity contribution in [2.75, 3.05) is 0 Å². The van der Waals surface area contributed by atoms with E-state index >= 15 is 0 Å². The molecule has 0 aliphatic rings. The second-order valence-corrected chi connectivity index (χ2v) is 8.67. The summed E-state index contributed by atoms with van der Waals surface area (Å²) >= 11 is 6.78. The van der Waals surface area contributed by atoms with Crippen molar-refractivity contribution in [3.05, 3.63) is 84.2 Å². The fraction of sp³-hybridized carbons (Fsp3) is 0.190. The number of aromatic nitrogens is 1. The number of alkyl halides is 1. The van der Waals surface area contributed by atoms with E-state index in [2.05, 4.69) is 9.71 Å². The summed E-state index contributed by atoms with van der Waals surface area (Å²) in [6.45, 7) is 3.84. The minimum absolute atomic E-state index is 0.185. The molecule has 1 aromatic heterocycles. The Morgan fingerprint density at radius 3 is 2.48 bits per heavy atom. The van der Waals surface area contributed by atoms with Gasteiger partial charge in [-0.3, -0.25) is 4.98 Å². The summed E-state index contributed by atoms with van der Waals surface area (Å²) in [6, 6.07) is 17.8.